The van der Waals surface area contributed by atoms with Gasteiger partial charge in [0.25, 0.3) is 0 Å². The summed E-state index contributed by atoms with van der Waals surface area (Å²) < 4.78 is 27.9. The van der Waals surface area contributed by atoms with E-state index in [4.69, 9.17) is 13.7 Å². The highest BCUT2D eigenvalue weighted by atomic mass is 79.9. The average molecular weight is 350 g/mol. The van der Waals surface area contributed by atoms with Gasteiger partial charge in [0, 0.05) is 4.47 Å². The fraction of sp³-hybridized carbons (Fsp3) is 0.417. The van der Waals surface area contributed by atoms with Crippen molar-refractivity contribution in [1.29, 1.82) is 0 Å². The topological polar surface area (TPSA) is 57.1 Å². The molecule has 7 heteroatoms. The fourth-order valence-electron chi connectivity index (χ4n) is 1.26. The highest BCUT2D eigenvalue weighted by Crippen LogP contribution is 2.49. The van der Waals surface area contributed by atoms with Gasteiger partial charge < -0.3 is 0 Å². The molecule has 5 nitrogen and oxygen atoms in total. The van der Waals surface area contributed by atoms with E-state index < -0.39 is 7.82 Å². The maximum Gasteiger partial charge on any atom is 0.550 e. The number of hydrogen-bond donors (Lipinski definition) is 0. The molecule has 1 rings (SSSR count). The van der Waals surface area contributed by atoms with Crippen molar-refractivity contribution in [3.63, 3.8) is 0 Å². The van der Waals surface area contributed by atoms with Crippen molar-refractivity contribution in [3.8, 4) is 0 Å². The van der Waals surface area contributed by atoms with Crippen molar-refractivity contribution in [2.75, 3.05) is 13.2 Å². The van der Waals surface area contributed by atoms with Crippen LogP contribution >= 0.6 is 23.8 Å². The molecule has 0 saturated carbocycles. The van der Waals surface area contributed by atoms with Crippen LogP contribution in [0.4, 0.5) is 0 Å². The Kier molecular flexibility index (Phi) is 6.72. The van der Waals surface area contributed by atoms with E-state index in [-0.39, 0.29) is 13.2 Å². The van der Waals surface area contributed by atoms with Gasteiger partial charge in [0.15, 0.2) is 0 Å². The summed E-state index contributed by atoms with van der Waals surface area (Å²) in [5.41, 5.74) is 1.45. The molecular formula is C12H17BrNO4P. The minimum atomic E-state index is -3.60. The Morgan fingerprint density at radius 1 is 1.21 bits per heavy atom. The predicted molar refractivity (Wildman–Crippen MR) is 78.3 cm³/mol. The van der Waals surface area contributed by atoms with Gasteiger partial charge in [0.2, 0.25) is 0 Å². The van der Waals surface area contributed by atoms with E-state index in [2.05, 4.69) is 21.1 Å². The minimum absolute atomic E-state index is 0.226. The number of oxime groups is 1. The summed E-state index contributed by atoms with van der Waals surface area (Å²) in [5.74, 6) is 0. The summed E-state index contributed by atoms with van der Waals surface area (Å²) in [5, 5.41) is 3.82. The molecule has 0 saturated heterocycles. The summed E-state index contributed by atoms with van der Waals surface area (Å²) in [7, 11) is -3.60. The Hall–Kier alpha value is -0.680. The smallest absolute Gasteiger partial charge is 0.292 e. The molecule has 0 heterocycles. The van der Waals surface area contributed by atoms with Gasteiger partial charge in [0.05, 0.1) is 18.9 Å². The number of nitrogens with zero attached hydrogens (tertiary/aromatic N) is 1. The van der Waals surface area contributed by atoms with Crippen LogP contribution in [0, 0.1) is 0 Å². The molecule has 0 unspecified atom stereocenters. The second-order valence-corrected chi connectivity index (χ2v) is 6.04. The van der Waals surface area contributed by atoms with Crippen molar-refractivity contribution in [3.05, 3.63) is 34.3 Å². The van der Waals surface area contributed by atoms with Gasteiger partial charge in [-0.2, -0.15) is 0 Å². The number of rotatable bonds is 7. The third-order valence-electron chi connectivity index (χ3n) is 2.11. The molecule has 0 N–H and O–H groups in total. The molecule has 0 radical (unpaired) electrons. The van der Waals surface area contributed by atoms with Gasteiger partial charge in [-0.3, -0.25) is 13.7 Å². The molecule has 19 heavy (non-hydrogen) atoms. The molecule has 0 amide bonds. The molecule has 0 aliphatic heterocycles. The van der Waals surface area contributed by atoms with Gasteiger partial charge in [0.1, 0.15) is 0 Å². The van der Waals surface area contributed by atoms with Crippen LogP contribution < -0.4 is 0 Å². The first kappa shape index (κ1) is 16.4. The lowest BCUT2D eigenvalue weighted by molar-refractivity contribution is 0.125. The summed E-state index contributed by atoms with van der Waals surface area (Å²) in [6, 6.07) is 7.52. The van der Waals surface area contributed by atoms with Gasteiger partial charge in [-0.15, -0.1) is 0 Å². The van der Waals surface area contributed by atoms with E-state index in [1.54, 1.807) is 20.8 Å². The molecule has 0 aliphatic carbocycles. The summed E-state index contributed by atoms with van der Waals surface area (Å²) in [4.78, 5) is 0. The number of phosphoric acid groups is 1. The zero-order valence-corrected chi connectivity index (χ0v) is 13.6. The maximum absolute atomic E-state index is 12.0. The summed E-state index contributed by atoms with van der Waals surface area (Å²) in [6.07, 6.45) is 0. The normalized spacial score (nSPS) is 12.5. The average Bonchev–Trinajstić information content (AvgIpc) is 2.37. The van der Waals surface area contributed by atoms with Crippen LogP contribution in [0.1, 0.15) is 26.3 Å². The summed E-state index contributed by atoms with van der Waals surface area (Å²) >= 11 is 3.35. The lowest BCUT2D eigenvalue weighted by atomic mass is 10.1. The van der Waals surface area contributed by atoms with Crippen LogP contribution in [0.2, 0.25) is 0 Å². The first-order valence-corrected chi connectivity index (χ1v) is 8.14. The number of phosphoric ester groups is 1. The van der Waals surface area contributed by atoms with Crippen LogP contribution in [0.3, 0.4) is 0 Å². The maximum atomic E-state index is 12.0. The van der Waals surface area contributed by atoms with Crippen molar-refractivity contribution in [2.45, 2.75) is 20.8 Å². The van der Waals surface area contributed by atoms with Crippen LogP contribution in [0.5, 0.6) is 0 Å². The van der Waals surface area contributed by atoms with E-state index >= 15 is 0 Å². The number of benzene rings is 1. The molecule has 106 valence electrons. The lowest BCUT2D eigenvalue weighted by Crippen LogP contribution is -2.00. The second kappa shape index (κ2) is 7.80. The SMILES string of the molecule is CCOP(=O)(OCC)O/N=C(/C)c1ccc(Br)cc1. The van der Waals surface area contributed by atoms with Crippen molar-refractivity contribution >= 4 is 29.5 Å². The van der Waals surface area contributed by atoms with Gasteiger partial charge in [-0.1, -0.05) is 33.2 Å². The highest BCUT2D eigenvalue weighted by molar-refractivity contribution is 9.10. The number of halogens is 1. The Morgan fingerprint density at radius 2 is 1.74 bits per heavy atom. The third kappa shape index (κ3) is 5.45. The van der Waals surface area contributed by atoms with Crippen molar-refractivity contribution in [2.24, 2.45) is 5.16 Å². The quantitative estimate of drug-likeness (QED) is 0.416. The molecule has 0 aromatic heterocycles. The summed E-state index contributed by atoms with van der Waals surface area (Å²) in [6.45, 7) is 5.63. The van der Waals surface area contributed by atoms with Crippen molar-refractivity contribution < 1.29 is 18.2 Å². The Morgan fingerprint density at radius 3 is 2.21 bits per heavy atom. The van der Waals surface area contributed by atoms with Gasteiger partial charge in [-0.25, -0.2) is 4.57 Å². The Labute approximate surface area is 121 Å². The lowest BCUT2D eigenvalue weighted by Gasteiger charge is -2.13. The Bertz CT molecular complexity index is 465. The minimum Gasteiger partial charge on any atom is -0.292 e. The van der Waals surface area contributed by atoms with E-state index in [1.807, 2.05) is 24.3 Å². The van der Waals surface area contributed by atoms with Crippen molar-refractivity contribution in [1.82, 2.24) is 0 Å². The highest BCUT2D eigenvalue weighted by Gasteiger charge is 2.27. The van der Waals surface area contributed by atoms with E-state index in [0.29, 0.717) is 5.71 Å². The largest absolute Gasteiger partial charge is 0.550 e. The third-order valence-corrected chi connectivity index (χ3v) is 4.07. The second-order valence-electron chi connectivity index (χ2n) is 3.55. The van der Waals surface area contributed by atoms with Gasteiger partial charge >= 0.3 is 7.82 Å². The predicted octanol–water partition coefficient (Wildman–Crippen LogP) is 4.37. The zero-order chi connectivity index (χ0) is 14.3. The zero-order valence-electron chi connectivity index (χ0n) is 11.1. The molecule has 1 aromatic carbocycles. The molecule has 0 spiro atoms. The first-order valence-electron chi connectivity index (χ1n) is 5.89. The van der Waals surface area contributed by atoms with Crippen LogP contribution in [0.25, 0.3) is 0 Å². The first-order chi connectivity index (χ1) is 9.00. The van der Waals surface area contributed by atoms with Crippen LogP contribution in [-0.4, -0.2) is 18.9 Å². The molecular weight excluding hydrogens is 333 g/mol. The van der Waals surface area contributed by atoms with E-state index in [0.717, 1.165) is 10.0 Å². The monoisotopic (exact) mass is 349 g/mol. The fourth-order valence-corrected chi connectivity index (χ4v) is 2.54. The van der Waals surface area contributed by atoms with E-state index in [1.165, 1.54) is 0 Å². The van der Waals surface area contributed by atoms with E-state index in [9.17, 15) is 4.57 Å². The Balaban J connectivity index is 2.78. The van der Waals surface area contributed by atoms with Crippen LogP contribution in [-0.2, 0) is 18.2 Å². The molecule has 0 atom stereocenters. The van der Waals surface area contributed by atoms with Gasteiger partial charge in [-0.05, 0) is 38.5 Å². The molecule has 0 aliphatic rings. The number of hydrogen-bond acceptors (Lipinski definition) is 5. The molecule has 1 aromatic rings. The molecule has 0 fully saturated rings. The molecule has 0 bridgehead atoms. The van der Waals surface area contributed by atoms with Crippen LogP contribution in [0.15, 0.2) is 33.9 Å². The standard InChI is InChI=1S/C12H17BrNO4P/c1-4-16-19(15,17-5-2)18-14-10(3)11-6-8-12(13)9-7-11/h6-9H,4-5H2,1-3H3/b14-10-.